The van der Waals surface area contributed by atoms with Gasteiger partial charge in [0.25, 0.3) is 5.91 Å². The summed E-state index contributed by atoms with van der Waals surface area (Å²) in [5.74, 6) is -1.75. The summed E-state index contributed by atoms with van der Waals surface area (Å²) in [6, 6.07) is 2.66. The number of hydrogen-bond acceptors (Lipinski definition) is 4. The van der Waals surface area contributed by atoms with Gasteiger partial charge in [0.2, 0.25) is 5.76 Å². The van der Waals surface area contributed by atoms with E-state index >= 15 is 0 Å². The first kappa shape index (κ1) is 13.6. The molecule has 6 nitrogen and oxygen atoms in total. The second-order valence-corrected chi connectivity index (χ2v) is 5.12. The van der Waals surface area contributed by atoms with Gasteiger partial charge in [0.15, 0.2) is 5.76 Å². The van der Waals surface area contributed by atoms with E-state index in [0.717, 1.165) is 19.3 Å². The zero-order valence-corrected chi connectivity index (χ0v) is 11.1. The number of carboxylic acids is 1. The van der Waals surface area contributed by atoms with Gasteiger partial charge >= 0.3 is 5.97 Å². The molecule has 1 aromatic rings. The van der Waals surface area contributed by atoms with Crippen LogP contribution in [0.15, 0.2) is 16.5 Å². The number of carbonyl (C=O) groups excluding carboxylic acids is 1. The summed E-state index contributed by atoms with van der Waals surface area (Å²) in [6.07, 6.45) is 3.27. The molecule has 0 aliphatic heterocycles. The normalized spacial score (nSPS) is 17.0. The molecule has 1 aliphatic carbocycles. The highest BCUT2D eigenvalue weighted by Gasteiger charge is 2.39. The Hall–Kier alpha value is -1.82. The monoisotopic (exact) mass is 266 g/mol. The number of rotatable bonds is 5. The standard InChI is InChI=1S/C13H18N2O4/c1-15(2)13(6-3-7-13)8-14-11(16)9-4-5-10(19-9)12(17)18/h4-5H,3,6-8H2,1-2H3,(H,14,16)(H,17,18). The zero-order valence-electron chi connectivity index (χ0n) is 11.1. The molecule has 104 valence electrons. The van der Waals surface area contributed by atoms with Crippen molar-refractivity contribution in [3.63, 3.8) is 0 Å². The summed E-state index contributed by atoms with van der Waals surface area (Å²) in [6.45, 7) is 0.544. The van der Waals surface area contributed by atoms with E-state index in [4.69, 9.17) is 9.52 Å². The Morgan fingerprint density at radius 3 is 2.42 bits per heavy atom. The molecule has 1 aliphatic rings. The first-order valence-corrected chi connectivity index (χ1v) is 6.23. The summed E-state index contributed by atoms with van der Waals surface area (Å²) in [7, 11) is 4.00. The zero-order chi connectivity index (χ0) is 14.0. The Kier molecular flexibility index (Phi) is 3.61. The Morgan fingerprint density at radius 2 is 2.00 bits per heavy atom. The first-order chi connectivity index (χ1) is 8.94. The van der Waals surface area contributed by atoms with Gasteiger partial charge in [-0.05, 0) is 45.5 Å². The molecular formula is C13H18N2O4. The molecule has 1 saturated carbocycles. The highest BCUT2D eigenvalue weighted by molar-refractivity contribution is 5.93. The number of hydrogen-bond donors (Lipinski definition) is 2. The smallest absolute Gasteiger partial charge is 0.371 e. The van der Waals surface area contributed by atoms with E-state index in [1.165, 1.54) is 12.1 Å². The van der Waals surface area contributed by atoms with E-state index in [-0.39, 0.29) is 23.0 Å². The van der Waals surface area contributed by atoms with Gasteiger partial charge in [-0.25, -0.2) is 4.79 Å². The van der Waals surface area contributed by atoms with Gasteiger partial charge in [-0.15, -0.1) is 0 Å². The van der Waals surface area contributed by atoms with Crippen LogP contribution in [0.4, 0.5) is 0 Å². The van der Waals surface area contributed by atoms with Crippen molar-refractivity contribution in [2.75, 3.05) is 20.6 Å². The fourth-order valence-corrected chi connectivity index (χ4v) is 2.27. The fourth-order valence-electron chi connectivity index (χ4n) is 2.27. The SMILES string of the molecule is CN(C)C1(CNC(=O)c2ccc(C(=O)O)o2)CCC1. The number of furan rings is 1. The van der Waals surface area contributed by atoms with Crippen molar-refractivity contribution in [2.24, 2.45) is 0 Å². The molecule has 0 unspecified atom stereocenters. The van der Waals surface area contributed by atoms with Gasteiger partial charge in [-0.2, -0.15) is 0 Å². The van der Waals surface area contributed by atoms with E-state index in [9.17, 15) is 9.59 Å². The maximum Gasteiger partial charge on any atom is 0.371 e. The number of amides is 1. The van der Waals surface area contributed by atoms with Crippen LogP contribution in [0.25, 0.3) is 0 Å². The van der Waals surface area contributed by atoms with E-state index in [0.29, 0.717) is 6.54 Å². The summed E-state index contributed by atoms with van der Waals surface area (Å²) in [4.78, 5) is 24.7. The van der Waals surface area contributed by atoms with E-state index in [2.05, 4.69) is 10.2 Å². The topological polar surface area (TPSA) is 82.8 Å². The molecule has 2 rings (SSSR count). The van der Waals surface area contributed by atoms with Gasteiger partial charge in [-0.1, -0.05) is 0 Å². The number of nitrogens with zero attached hydrogens (tertiary/aromatic N) is 1. The molecule has 6 heteroatoms. The number of nitrogens with one attached hydrogen (secondary N) is 1. The third kappa shape index (κ3) is 2.63. The quantitative estimate of drug-likeness (QED) is 0.836. The maximum atomic E-state index is 11.9. The molecule has 1 fully saturated rings. The number of carbonyl (C=O) groups is 2. The van der Waals surface area contributed by atoms with Crippen LogP contribution in [0.1, 0.15) is 40.4 Å². The van der Waals surface area contributed by atoms with Crippen LogP contribution in [0.2, 0.25) is 0 Å². The third-order valence-corrected chi connectivity index (χ3v) is 3.85. The van der Waals surface area contributed by atoms with Crippen LogP contribution >= 0.6 is 0 Å². The lowest BCUT2D eigenvalue weighted by atomic mass is 9.75. The molecule has 0 spiro atoms. The van der Waals surface area contributed by atoms with Crippen molar-refractivity contribution < 1.29 is 19.1 Å². The predicted octanol–water partition coefficient (Wildman–Crippen LogP) is 1.19. The van der Waals surface area contributed by atoms with Gasteiger partial charge in [-0.3, -0.25) is 4.79 Å². The lowest BCUT2D eigenvalue weighted by Crippen LogP contribution is -2.57. The third-order valence-electron chi connectivity index (χ3n) is 3.85. The average Bonchev–Trinajstić information content (AvgIpc) is 2.75. The Morgan fingerprint density at radius 1 is 1.37 bits per heavy atom. The number of likely N-dealkylation sites (N-methyl/N-ethyl adjacent to an activating group) is 1. The minimum atomic E-state index is -1.18. The van der Waals surface area contributed by atoms with Crippen molar-refractivity contribution in [3.8, 4) is 0 Å². The lowest BCUT2D eigenvalue weighted by Gasteiger charge is -2.47. The number of carboxylic acid groups (broad SMARTS) is 1. The highest BCUT2D eigenvalue weighted by Crippen LogP contribution is 2.35. The predicted molar refractivity (Wildman–Crippen MR) is 68.3 cm³/mol. The lowest BCUT2D eigenvalue weighted by molar-refractivity contribution is 0.0547. The van der Waals surface area contributed by atoms with Crippen molar-refractivity contribution in [3.05, 3.63) is 23.7 Å². The molecule has 1 heterocycles. The van der Waals surface area contributed by atoms with Gasteiger partial charge in [0, 0.05) is 12.1 Å². The highest BCUT2D eigenvalue weighted by atomic mass is 16.4. The average molecular weight is 266 g/mol. The molecule has 0 saturated heterocycles. The molecule has 2 N–H and O–H groups in total. The summed E-state index contributed by atoms with van der Waals surface area (Å²) < 4.78 is 4.96. The molecule has 0 atom stereocenters. The maximum absolute atomic E-state index is 11.9. The van der Waals surface area contributed by atoms with Crippen LogP contribution in [0.5, 0.6) is 0 Å². The molecule has 0 aromatic carbocycles. The van der Waals surface area contributed by atoms with Crippen LogP contribution in [0, 0.1) is 0 Å². The summed E-state index contributed by atoms with van der Waals surface area (Å²) >= 11 is 0. The second-order valence-electron chi connectivity index (χ2n) is 5.12. The van der Waals surface area contributed by atoms with Crippen LogP contribution in [-0.2, 0) is 0 Å². The van der Waals surface area contributed by atoms with Crippen molar-refractivity contribution >= 4 is 11.9 Å². The molecular weight excluding hydrogens is 248 g/mol. The summed E-state index contributed by atoms with van der Waals surface area (Å²) in [5.41, 5.74) is 0.0257. The Bertz CT molecular complexity index is 489. The van der Waals surface area contributed by atoms with Gasteiger partial charge in [0.1, 0.15) is 0 Å². The van der Waals surface area contributed by atoms with E-state index < -0.39 is 5.97 Å². The number of aromatic carboxylic acids is 1. The van der Waals surface area contributed by atoms with Crippen molar-refractivity contribution in [1.82, 2.24) is 10.2 Å². The molecule has 0 radical (unpaired) electrons. The Labute approximate surface area is 111 Å². The van der Waals surface area contributed by atoms with Crippen molar-refractivity contribution in [1.29, 1.82) is 0 Å². The fraction of sp³-hybridized carbons (Fsp3) is 0.538. The molecule has 0 bridgehead atoms. The largest absolute Gasteiger partial charge is 0.475 e. The second kappa shape index (κ2) is 5.05. The van der Waals surface area contributed by atoms with Crippen LogP contribution < -0.4 is 5.32 Å². The Balaban J connectivity index is 1.95. The summed E-state index contributed by atoms with van der Waals surface area (Å²) in [5, 5.41) is 11.5. The van der Waals surface area contributed by atoms with Crippen LogP contribution in [0.3, 0.4) is 0 Å². The van der Waals surface area contributed by atoms with E-state index in [1.807, 2.05) is 14.1 Å². The van der Waals surface area contributed by atoms with E-state index in [1.54, 1.807) is 0 Å². The molecule has 1 aromatic heterocycles. The molecule has 19 heavy (non-hydrogen) atoms. The molecule has 1 amide bonds. The minimum absolute atomic E-state index is 0.0257. The van der Waals surface area contributed by atoms with Gasteiger partial charge < -0.3 is 19.7 Å². The van der Waals surface area contributed by atoms with Crippen molar-refractivity contribution in [2.45, 2.75) is 24.8 Å². The van der Waals surface area contributed by atoms with Crippen LogP contribution in [-0.4, -0.2) is 48.1 Å². The first-order valence-electron chi connectivity index (χ1n) is 6.23. The van der Waals surface area contributed by atoms with Gasteiger partial charge in [0.05, 0.1) is 0 Å². The minimum Gasteiger partial charge on any atom is -0.475 e.